The zero-order chi connectivity index (χ0) is 14.5. The van der Waals surface area contributed by atoms with E-state index < -0.39 is 0 Å². The molecule has 2 aromatic rings. The van der Waals surface area contributed by atoms with Crippen molar-refractivity contribution in [3.8, 4) is 5.75 Å². The fraction of sp³-hybridized carbons (Fsp3) is 0.0667. The first-order valence-corrected chi connectivity index (χ1v) is 6.32. The minimum atomic E-state index is -0.365. The third-order valence-electron chi connectivity index (χ3n) is 2.64. The summed E-state index contributed by atoms with van der Waals surface area (Å²) in [4.78, 5) is 11.8. The Balaban J connectivity index is 2.06. The topological polar surface area (TPSA) is 61.7 Å². The first-order chi connectivity index (χ1) is 9.56. The molecule has 2 aromatic carbocycles. The molecule has 0 spiro atoms. The number of carbonyl (C=O) groups is 1. The van der Waals surface area contributed by atoms with Crippen LogP contribution < -0.4 is 5.43 Å². The number of carbonyl (C=O) groups excluding carboxylic acids is 1. The van der Waals surface area contributed by atoms with Crippen molar-refractivity contribution in [2.45, 2.75) is 6.92 Å². The molecule has 102 valence electrons. The van der Waals surface area contributed by atoms with Crippen molar-refractivity contribution in [2.24, 2.45) is 5.10 Å². The Morgan fingerprint density at radius 1 is 1.30 bits per heavy atom. The summed E-state index contributed by atoms with van der Waals surface area (Å²) in [6.07, 6.45) is 1.39. The highest BCUT2D eigenvalue weighted by molar-refractivity contribution is 6.30. The molecule has 0 aliphatic carbocycles. The van der Waals surface area contributed by atoms with Gasteiger partial charge in [0, 0.05) is 16.1 Å². The van der Waals surface area contributed by atoms with Gasteiger partial charge in [-0.1, -0.05) is 29.3 Å². The maximum atomic E-state index is 11.8. The van der Waals surface area contributed by atoms with Gasteiger partial charge in [0.25, 0.3) is 5.91 Å². The maximum absolute atomic E-state index is 11.8. The summed E-state index contributed by atoms with van der Waals surface area (Å²) in [6.45, 7) is 1.90. The third kappa shape index (κ3) is 3.59. The SMILES string of the molecule is Cc1ccc(O)c(/C=N/NC(=O)c2cccc(Cl)c2)c1. The molecule has 0 atom stereocenters. The molecule has 0 unspecified atom stereocenters. The first kappa shape index (κ1) is 14.1. The van der Waals surface area contributed by atoms with Crippen LogP contribution in [0.4, 0.5) is 0 Å². The zero-order valence-corrected chi connectivity index (χ0v) is 11.6. The van der Waals surface area contributed by atoms with Gasteiger partial charge in [-0.15, -0.1) is 0 Å². The van der Waals surface area contributed by atoms with Crippen molar-refractivity contribution in [3.05, 3.63) is 64.2 Å². The van der Waals surface area contributed by atoms with E-state index in [2.05, 4.69) is 10.5 Å². The van der Waals surface area contributed by atoms with Gasteiger partial charge in [0.15, 0.2) is 0 Å². The normalized spacial score (nSPS) is 10.7. The van der Waals surface area contributed by atoms with Crippen molar-refractivity contribution in [2.75, 3.05) is 0 Å². The number of hydrogen-bond donors (Lipinski definition) is 2. The van der Waals surface area contributed by atoms with Gasteiger partial charge in [0.05, 0.1) is 6.21 Å². The Morgan fingerprint density at radius 3 is 2.85 bits per heavy atom. The van der Waals surface area contributed by atoms with E-state index in [0.717, 1.165) is 5.56 Å². The molecule has 0 bridgehead atoms. The Labute approximate surface area is 121 Å². The number of halogens is 1. The average Bonchev–Trinajstić information content (AvgIpc) is 2.42. The number of hydrazone groups is 1. The fourth-order valence-corrected chi connectivity index (χ4v) is 1.82. The molecule has 4 nitrogen and oxygen atoms in total. The summed E-state index contributed by atoms with van der Waals surface area (Å²) in [6, 6.07) is 11.7. The highest BCUT2D eigenvalue weighted by Crippen LogP contribution is 2.15. The van der Waals surface area contributed by atoms with E-state index in [1.807, 2.05) is 6.92 Å². The van der Waals surface area contributed by atoms with Crippen molar-refractivity contribution in [1.82, 2.24) is 5.43 Å². The minimum Gasteiger partial charge on any atom is -0.507 e. The smallest absolute Gasteiger partial charge is 0.271 e. The van der Waals surface area contributed by atoms with Gasteiger partial charge in [-0.05, 0) is 37.3 Å². The lowest BCUT2D eigenvalue weighted by atomic mass is 10.1. The highest BCUT2D eigenvalue weighted by Gasteiger charge is 2.04. The molecular formula is C15H13ClN2O2. The third-order valence-corrected chi connectivity index (χ3v) is 2.87. The maximum Gasteiger partial charge on any atom is 0.271 e. The summed E-state index contributed by atoms with van der Waals surface area (Å²) < 4.78 is 0. The minimum absolute atomic E-state index is 0.108. The summed E-state index contributed by atoms with van der Waals surface area (Å²) >= 11 is 5.81. The van der Waals surface area contributed by atoms with Crippen molar-refractivity contribution in [1.29, 1.82) is 0 Å². The van der Waals surface area contributed by atoms with Crippen molar-refractivity contribution < 1.29 is 9.90 Å². The Hall–Kier alpha value is -2.33. The molecular weight excluding hydrogens is 276 g/mol. The van der Waals surface area contributed by atoms with Crippen LogP contribution in [0.25, 0.3) is 0 Å². The van der Waals surface area contributed by atoms with Gasteiger partial charge in [-0.25, -0.2) is 5.43 Å². The number of benzene rings is 2. The van der Waals surface area contributed by atoms with Crippen LogP contribution >= 0.6 is 11.6 Å². The second-order valence-electron chi connectivity index (χ2n) is 4.27. The number of rotatable bonds is 3. The molecule has 0 aromatic heterocycles. The second kappa shape index (κ2) is 6.21. The molecule has 2 rings (SSSR count). The van der Waals surface area contributed by atoms with Crippen molar-refractivity contribution >= 4 is 23.7 Å². The molecule has 0 heterocycles. The van der Waals surface area contributed by atoms with E-state index in [1.165, 1.54) is 6.21 Å². The van der Waals surface area contributed by atoms with Crippen molar-refractivity contribution in [3.63, 3.8) is 0 Å². The van der Waals surface area contributed by atoms with Gasteiger partial charge in [0.1, 0.15) is 5.75 Å². The van der Waals surface area contributed by atoms with Crippen LogP contribution in [-0.2, 0) is 0 Å². The Kier molecular flexibility index (Phi) is 4.38. The second-order valence-corrected chi connectivity index (χ2v) is 4.71. The number of nitrogens with zero attached hydrogens (tertiary/aromatic N) is 1. The molecule has 0 aliphatic heterocycles. The summed E-state index contributed by atoms with van der Waals surface area (Å²) in [5, 5.41) is 13.9. The standard InChI is InChI=1S/C15H13ClN2O2/c1-10-5-6-14(19)12(7-10)9-17-18-15(20)11-3-2-4-13(16)8-11/h2-9,19H,1H3,(H,18,20)/b17-9+. The number of phenols is 1. The molecule has 0 radical (unpaired) electrons. The molecule has 0 aliphatic rings. The summed E-state index contributed by atoms with van der Waals surface area (Å²) in [5.74, 6) is -0.257. The lowest BCUT2D eigenvalue weighted by Gasteiger charge is -2.02. The van der Waals surface area contributed by atoms with E-state index in [-0.39, 0.29) is 11.7 Å². The number of aryl methyl sites for hydroxylation is 1. The van der Waals surface area contributed by atoms with E-state index >= 15 is 0 Å². The van der Waals surface area contributed by atoms with E-state index in [0.29, 0.717) is 16.1 Å². The van der Waals surface area contributed by atoms with Crippen LogP contribution in [0.1, 0.15) is 21.5 Å². The lowest BCUT2D eigenvalue weighted by molar-refractivity contribution is 0.0955. The lowest BCUT2D eigenvalue weighted by Crippen LogP contribution is -2.17. The number of phenolic OH excluding ortho intramolecular Hbond substituents is 1. The quantitative estimate of drug-likeness (QED) is 0.673. The number of amides is 1. The van der Waals surface area contributed by atoms with Crippen LogP contribution in [0.5, 0.6) is 5.75 Å². The monoisotopic (exact) mass is 288 g/mol. The number of nitrogens with one attached hydrogen (secondary N) is 1. The van der Waals surface area contributed by atoms with Gasteiger partial charge < -0.3 is 5.11 Å². The molecule has 0 fully saturated rings. The molecule has 20 heavy (non-hydrogen) atoms. The average molecular weight is 289 g/mol. The Bertz CT molecular complexity index is 669. The van der Waals surface area contributed by atoms with E-state index in [9.17, 15) is 9.90 Å². The Morgan fingerprint density at radius 2 is 2.10 bits per heavy atom. The molecule has 2 N–H and O–H groups in total. The molecule has 5 heteroatoms. The first-order valence-electron chi connectivity index (χ1n) is 5.95. The van der Waals surface area contributed by atoms with Gasteiger partial charge >= 0.3 is 0 Å². The van der Waals surface area contributed by atoms with Crippen LogP contribution in [-0.4, -0.2) is 17.2 Å². The molecule has 0 saturated carbocycles. The highest BCUT2D eigenvalue weighted by atomic mass is 35.5. The van der Waals surface area contributed by atoms with Gasteiger partial charge in [-0.3, -0.25) is 4.79 Å². The molecule has 1 amide bonds. The number of hydrogen-bond acceptors (Lipinski definition) is 3. The van der Waals surface area contributed by atoms with Gasteiger partial charge in [-0.2, -0.15) is 5.10 Å². The van der Waals surface area contributed by atoms with E-state index in [4.69, 9.17) is 11.6 Å². The van der Waals surface area contributed by atoms with Crippen LogP contribution in [0.3, 0.4) is 0 Å². The summed E-state index contributed by atoms with van der Waals surface area (Å²) in [5.41, 5.74) is 4.33. The van der Waals surface area contributed by atoms with Crippen LogP contribution in [0.2, 0.25) is 5.02 Å². The van der Waals surface area contributed by atoms with Gasteiger partial charge in [0.2, 0.25) is 0 Å². The van der Waals surface area contributed by atoms with E-state index in [1.54, 1.807) is 42.5 Å². The van der Waals surface area contributed by atoms with Crippen LogP contribution in [0.15, 0.2) is 47.6 Å². The predicted molar refractivity (Wildman–Crippen MR) is 79.4 cm³/mol. The summed E-state index contributed by atoms with van der Waals surface area (Å²) in [7, 11) is 0. The number of aromatic hydroxyl groups is 1. The predicted octanol–water partition coefficient (Wildman–Crippen LogP) is 3.12. The fourth-order valence-electron chi connectivity index (χ4n) is 1.63. The molecule has 0 saturated heterocycles. The zero-order valence-electron chi connectivity index (χ0n) is 10.8. The largest absolute Gasteiger partial charge is 0.507 e. The van der Waals surface area contributed by atoms with Crippen LogP contribution in [0, 0.1) is 6.92 Å².